The first-order valence-electron chi connectivity index (χ1n) is 8.60. The second-order valence-electron chi connectivity index (χ2n) is 7.84. The van der Waals surface area contributed by atoms with Crippen molar-refractivity contribution in [1.29, 1.82) is 0 Å². The number of nitrogens with one attached hydrogen (secondary N) is 1. The van der Waals surface area contributed by atoms with Crippen LogP contribution in [0.1, 0.15) is 49.4 Å². The maximum Gasteiger partial charge on any atom is 0.272 e. The van der Waals surface area contributed by atoms with Gasteiger partial charge in [0.05, 0.1) is 24.5 Å². The van der Waals surface area contributed by atoms with Gasteiger partial charge < -0.3 is 10.4 Å². The fourth-order valence-corrected chi connectivity index (χ4v) is 3.20. The van der Waals surface area contributed by atoms with E-state index in [9.17, 15) is 9.90 Å². The monoisotopic (exact) mass is 343 g/mol. The minimum absolute atomic E-state index is 0.112. The Bertz CT molecular complexity index is 764. The average Bonchev–Trinajstić information content (AvgIpc) is 3.09. The molecule has 0 aromatic carbocycles. The van der Waals surface area contributed by atoms with Crippen LogP contribution in [0.2, 0.25) is 0 Å². The van der Waals surface area contributed by atoms with Crippen LogP contribution in [0.15, 0.2) is 18.6 Å². The Kier molecular flexibility index (Phi) is 4.60. The quantitative estimate of drug-likeness (QED) is 0.878. The first kappa shape index (κ1) is 17.5. The second-order valence-corrected chi connectivity index (χ2v) is 7.84. The van der Waals surface area contributed by atoms with Crippen molar-refractivity contribution in [3.8, 4) is 5.82 Å². The van der Waals surface area contributed by atoms with Gasteiger partial charge in [-0.3, -0.25) is 9.78 Å². The second kappa shape index (κ2) is 6.55. The zero-order valence-electron chi connectivity index (χ0n) is 15.2. The smallest absolute Gasteiger partial charge is 0.272 e. The molecule has 0 saturated heterocycles. The molecular weight excluding hydrogens is 318 g/mol. The highest BCUT2D eigenvalue weighted by molar-refractivity contribution is 5.94. The zero-order chi connectivity index (χ0) is 18.2. The molecule has 0 bridgehead atoms. The number of fused-ring (bicyclic) bond motifs is 1. The Labute approximate surface area is 147 Å². The summed E-state index contributed by atoms with van der Waals surface area (Å²) in [7, 11) is 0. The first-order chi connectivity index (χ1) is 11.8. The van der Waals surface area contributed by atoms with Crippen LogP contribution in [-0.2, 0) is 12.8 Å². The third-order valence-electron chi connectivity index (χ3n) is 4.70. The molecule has 2 aromatic rings. The minimum Gasteiger partial charge on any atom is -0.394 e. The van der Waals surface area contributed by atoms with Crippen LogP contribution in [0.5, 0.6) is 0 Å². The third kappa shape index (κ3) is 3.42. The molecule has 0 radical (unpaired) electrons. The lowest BCUT2D eigenvalue weighted by Crippen LogP contribution is -2.46. The molecule has 2 N–H and O–H groups in total. The third-order valence-corrected chi connectivity index (χ3v) is 4.70. The summed E-state index contributed by atoms with van der Waals surface area (Å²) in [6.45, 7) is 8.00. The number of aromatic nitrogens is 4. The molecule has 2 unspecified atom stereocenters. The standard InChI is InChI=1S/C18H25N5O2/c1-11-7-12-13(8-11)23(15-9-19-5-6-20-15)22-16(12)17(25)21-14(10-24)18(2,3)4/h5-6,9,11,14,24H,7-8,10H2,1-4H3,(H,21,25). The Hall–Kier alpha value is -2.28. The van der Waals surface area contributed by atoms with Crippen LogP contribution in [0.4, 0.5) is 0 Å². The largest absolute Gasteiger partial charge is 0.394 e. The van der Waals surface area contributed by atoms with Crippen LogP contribution < -0.4 is 5.32 Å². The summed E-state index contributed by atoms with van der Waals surface area (Å²) in [5.41, 5.74) is 2.18. The average molecular weight is 343 g/mol. The van der Waals surface area contributed by atoms with Crippen LogP contribution in [-0.4, -0.2) is 43.4 Å². The lowest BCUT2D eigenvalue weighted by atomic mass is 9.87. The predicted molar refractivity (Wildman–Crippen MR) is 93.5 cm³/mol. The molecule has 0 saturated carbocycles. The normalized spacial score (nSPS) is 18.0. The van der Waals surface area contributed by atoms with Crippen molar-refractivity contribution in [2.45, 2.75) is 46.6 Å². The van der Waals surface area contributed by atoms with E-state index in [0.29, 0.717) is 17.4 Å². The molecular formula is C18H25N5O2. The van der Waals surface area contributed by atoms with E-state index in [0.717, 1.165) is 24.1 Å². The molecule has 2 heterocycles. The van der Waals surface area contributed by atoms with E-state index in [2.05, 4.69) is 27.3 Å². The van der Waals surface area contributed by atoms with Crippen molar-refractivity contribution < 1.29 is 9.90 Å². The summed E-state index contributed by atoms with van der Waals surface area (Å²) >= 11 is 0. The van der Waals surface area contributed by atoms with Crippen molar-refractivity contribution in [3.63, 3.8) is 0 Å². The van der Waals surface area contributed by atoms with Gasteiger partial charge in [-0.1, -0.05) is 27.7 Å². The highest BCUT2D eigenvalue weighted by Crippen LogP contribution is 2.31. The molecule has 1 amide bonds. The Morgan fingerprint density at radius 1 is 1.40 bits per heavy atom. The SMILES string of the molecule is CC1Cc2c(C(=O)NC(CO)C(C)(C)C)nn(-c3cnccn3)c2C1. The van der Waals surface area contributed by atoms with Gasteiger partial charge in [-0.05, 0) is 24.2 Å². The van der Waals surface area contributed by atoms with Gasteiger partial charge in [-0.15, -0.1) is 0 Å². The van der Waals surface area contributed by atoms with E-state index in [1.807, 2.05) is 20.8 Å². The molecule has 2 aromatic heterocycles. The van der Waals surface area contributed by atoms with Crippen molar-refractivity contribution in [3.05, 3.63) is 35.5 Å². The van der Waals surface area contributed by atoms with Gasteiger partial charge in [0.15, 0.2) is 11.5 Å². The number of carbonyl (C=O) groups excluding carboxylic acids is 1. The Balaban J connectivity index is 1.96. The minimum atomic E-state index is -0.337. The molecule has 0 spiro atoms. The molecule has 2 atom stereocenters. The summed E-state index contributed by atoms with van der Waals surface area (Å²) in [4.78, 5) is 21.2. The molecule has 7 nitrogen and oxygen atoms in total. The summed E-state index contributed by atoms with van der Waals surface area (Å²) in [5, 5.41) is 17.1. The van der Waals surface area contributed by atoms with Gasteiger partial charge in [0.2, 0.25) is 0 Å². The van der Waals surface area contributed by atoms with Crippen molar-refractivity contribution >= 4 is 5.91 Å². The van der Waals surface area contributed by atoms with Crippen molar-refractivity contribution in [1.82, 2.24) is 25.1 Å². The van der Waals surface area contributed by atoms with Crippen LogP contribution in [0.3, 0.4) is 0 Å². The predicted octanol–water partition coefficient (Wildman–Crippen LogP) is 1.53. The van der Waals surface area contributed by atoms with E-state index < -0.39 is 0 Å². The van der Waals surface area contributed by atoms with E-state index in [1.165, 1.54) is 0 Å². The van der Waals surface area contributed by atoms with E-state index in [1.54, 1.807) is 23.3 Å². The lowest BCUT2D eigenvalue weighted by molar-refractivity contribution is 0.0841. The van der Waals surface area contributed by atoms with E-state index >= 15 is 0 Å². The zero-order valence-corrected chi connectivity index (χ0v) is 15.2. The molecule has 0 fully saturated rings. The van der Waals surface area contributed by atoms with Crippen LogP contribution >= 0.6 is 0 Å². The topological polar surface area (TPSA) is 92.9 Å². The lowest BCUT2D eigenvalue weighted by Gasteiger charge is -2.29. The fourth-order valence-electron chi connectivity index (χ4n) is 3.20. The van der Waals surface area contributed by atoms with E-state index in [-0.39, 0.29) is 24.0 Å². The number of carbonyl (C=O) groups is 1. The van der Waals surface area contributed by atoms with Gasteiger partial charge in [0.25, 0.3) is 5.91 Å². The van der Waals surface area contributed by atoms with Gasteiger partial charge in [0, 0.05) is 18.0 Å². The highest BCUT2D eigenvalue weighted by Gasteiger charge is 2.33. The summed E-state index contributed by atoms with van der Waals surface area (Å²) in [6, 6.07) is -0.337. The Morgan fingerprint density at radius 3 is 2.76 bits per heavy atom. The van der Waals surface area contributed by atoms with Gasteiger partial charge in [0.1, 0.15) is 0 Å². The van der Waals surface area contributed by atoms with Gasteiger partial charge in [-0.25, -0.2) is 9.67 Å². The highest BCUT2D eigenvalue weighted by atomic mass is 16.3. The number of aliphatic hydroxyl groups is 1. The summed E-state index contributed by atoms with van der Waals surface area (Å²) < 4.78 is 1.73. The number of hydrogen-bond donors (Lipinski definition) is 2. The number of amides is 1. The molecule has 134 valence electrons. The molecule has 1 aliphatic rings. The van der Waals surface area contributed by atoms with Crippen molar-refractivity contribution in [2.24, 2.45) is 11.3 Å². The van der Waals surface area contributed by atoms with Gasteiger partial charge >= 0.3 is 0 Å². The number of rotatable bonds is 4. The van der Waals surface area contributed by atoms with Crippen LogP contribution in [0.25, 0.3) is 5.82 Å². The molecule has 7 heteroatoms. The van der Waals surface area contributed by atoms with E-state index in [4.69, 9.17) is 0 Å². The molecule has 25 heavy (non-hydrogen) atoms. The molecule has 1 aliphatic carbocycles. The molecule has 0 aliphatic heterocycles. The molecule has 3 rings (SSSR count). The Morgan fingerprint density at radius 2 is 2.16 bits per heavy atom. The maximum absolute atomic E-state index is 12.8. The fraction of sp³-hybridized carbons (Fsp3) is 0.556. The first-order valence-corrected chi connectivity index (χ1v) is 8.60. The van der Waals surface area contributed by atoms with Gasteiger partial charge in [-0.2, -0.15) is 5.10 Å². The summed E-state index contributed by atoms with van der Waals surface area (Å²) in [6.07, 6.45) is 6.54. The number of nitrogens with zero attached hydrogens (tertiary/aromatic N) is 4. The number of aliphatic hydroxyl groups excluding tert-OH is 1. The van der Waals surface area contributed by atoms with Crippen LogP contribution in [0, 0.1) is 11.3 Å². The summed E-state index contributed by atoms with van der Waals surface area (Å²) in [5.74, 6) is 0.821. The van der Waals surface area contributed by atoms with Crippen molar-refractivity contribution in [2.75, 3.05) is 6.61 Å². The number of hydrogen-bond acceptors (Lipinski definition) is 5. The maximum atomic E-state index is 12.8.